The predicted molar refractivity (Wildman–Crippen MR) is 77.5 cm³/mol. The highest BCUT2D eigenvalue weighted by Gasteiger charge is 2.12. The molecule has 1 amide bonds. The van der Waals surface area contributed by atoms with Crippen LogP contribution in [0.15, 0.2) is 12.1 Å². The molecule has 0 atom stereocenters. The number of rotatable bonds is 8. The zero-order valence-corrected chi connectivity index (χ0v) is 12.6. The van der Waals surface area contributed by atoms with Crippen molar-refractivity contribution in [1.29, 1.82) is 0 Å². The Kier molecular flexibility index (Phi) is 6.70. The Bertz CT molecular complexity index is 446. The lowest BCUT2D eigenvalue weighted by atomic mass is 10.1. The molecule has 0 aliphatic heterocycles. The Balaban J connectivity index is 2.80. The van der Waals surface area contributed by atoms with Gasteiger partial charge < -0.3 is 19.5 Å². The topological polar surface area (TPSA) is 56.8 Å². The molecule has 1 aromatic rings. The van der Waals surface area contributed by atoms with E-state index in [0.29, 0.717) is 30.2 Å². The first-order chi connectivity index (χ1) is 9.65. The number of carbonyl (C=O) groups is 1. The first-order valence-corrected chi connectivity index (χ1v) is 6.71. The number of benzene rings is 1. The summed E-state index contributed by atoms with van der Waals surface area (Å²) in [6.45, 7) is 2.47. The van der Waals surface area contributed by atoms with Gasteiger partial charge in [0.1, 0.15) is 5.75 Å². The van der Waals surface area contributed by atoms with E-state index in [4.69, 9.17) is 14.2 Å². The van der Waals surface area contributed by atoms with Gasteiger partial charge in [0.05, 0.1) is 21.3 Å². The third-order valence-corrected chi connectivity index (χ3v) is 3.02. The number of amides is 1. The molecule has 0 bridgehead atoms. The van der Waals surface area contributed by atoms with Gasteiger partial charge in [0.2, 0.25) is 5.91 Å². The summed E-state index contributed by atoms with van der Waals surface area (Å²) in [6.07, 6.45) is 2.45. The highest BCUT2D eigenvalue weighted by Crippen LogP contribution is 2.34. The number of carbonyl (C=O) groups excluding carboxylic acids is 1. The predicted octanol–water partition coefficient (Wildman–Crippen LogP) is 2.52. The van der Waals surface area contributed by atoms with Gasteiger partial charge in [-0.25, -0.2) is 0 Å². The largest absolute Gasteiger partial charge is 0.496 e. The van der Waals surface area contributed by atoms with E-state index in [1.54, 1.807) is 27.4 Å². The summed E-state index contributed by atoms with van der Waals surface area (Å²) in [7, 11) is 4.74. The van der Waals surface area contributed by atoms with Crippen molar-refractivity contribution in [3.8, 4) is 17.2 Å². The van der Waals surface area contributed by atoms with Gasteiger partial charge in [0.15, 0.2) is 11.5 Å². The van der Waals surface area contributed by atoms with Crippen molar-refractivity contribution in [2.75, 3.05) is 21.3 Å². The van der Waals surface area contributed by atoms with Gasteiger partial charge in [0.25, 0.3) is 0 Å². The highest BCUT2D eigenvalue weighted by molar-refractivity contribution is 5.75. The van der Waals surface area contributed by atoms with Crippen LogP contribution in [-0.4, -0.2) is 27.2 Å². The molecule has 1 aromatic carbocycles. The van der Waals surface area contributed by atoms with Crippen LogP contribution >= 0.6 is 0 Å². The van der Waals surface area contributed by atoms with Crippen molar-refractivity contribution in [2.45, 2.75) is 32.7 Å². The Morgan fingerprint density at radius 1 is 1.05 bits per heavy atom. The van der Waals surface area contributed by atoms with Crippen LogP contribution in [0.1, 0.15) is 31.7 Å². The molecule has 0 aliphatic carbocycles. The highest BCUT2D eigenvalue weighted by atomic mass is 16.5. The molecule has 0 unspecified atom stereocenters. The average molecular weight is 281 g/mol. The summed E-state index contributed by atoms with van der Waals surface area (Å²) in [5.41, 5.74) is 0.856. The van der Waals surface area contributed by atoms with E-state index < -0.39 is 0 Å². The minimum Gasteiger partial charge on any atom is -0.496 e. The molecule has 0 saturated carbocycles. The molecule has 0 aromatic heterocycles. The minimum atomic E-state index is 0.0451. The number of unbranched alkanes of at least 4 members (excludes halogenated alkanes) is 1. The molecule has 1 rings (SSSR count). The number of ether oxygens (including phenoxy) is 3. The smallest absolute Gasteiger partial charge is 0.220 e. The van der Waals surface area contributed by atoms with Crippen LogP contribution in [0.3, 0.4) is 0 Å². The summed E-state index contributed by atoms with van der Waals surface area (Å²) < 4.78 is 15.8. The first kappa shape index (κ1) is 16.1. The van der Waals surface area contributed by atoms with Gasteiger partial charge in [-0.1, -0.05) is 13.3 Å². The maximum absolute atomic E-state index is 11.6. The Morgan fingerprint density at radius 2 is 1.65 bits per heavy atom. The zero-order chi connectivity index (χ0) is 15.0. The molecule has 112 valence electrons. The second kappa shape index (κ2) is 8.30. The Labute approximate surface area is 120 Å². The molecule has 5 nitrogen and oxygen atoms in total. The van der Waals surface area contributed by atoms with Crippen LogP contribution < -0.4 is 19.5 Å². The van der Waals surface area contributed by atoms with Gasteiger partial charge in [-0.2, -0.15) is 0 Å². The van der Waals surface area contributed by atoms with Crippen LogP contribution in [0.25, 0.3) is 0 Å². The van der Waals surface area contributed by atoms with Crippen molar-refractivity contribution in [3.05, 3.63) is 17.7 Å². The quantitative estimate of drug-likeness (QED) is 0.795. The summed E-state index contributed by atoms with van der Waals surface area (Å²) in [6, 6.07) is 3.57. The minimum absolute atomic E-state index is 0.0451. The van der Waals surface area contributed by atoms with Crippen molar-refractivity contribution < 1.29 is 19.0 Å². The van der Waals surface area contributed by atoms with Crippen molar-refractivity contribution >= 4 is 5.91 Å². The maximum atomic E-state index is 11.6. The molecular formula is C15H23NO4. The lowest BCUT2D eigenvalue weighted by molar-refractivity contribution is -0.121. The van der Waals surface area contributed by atoms with Crippen molar-refractivity contribution in [2.24, 2.45) is 0 Å². The van der Waals surface area contributed by atoms with Gasteiger partial charge in [-0.3, -0.25) is 4.79 Å². The third-order valence-electron chi connectivity index (χ3n) is 3.02. The Hall–Kier alpha value is -1.91. The van der Waals surface area contributed by atoms with Crippen LogP contribution in [0.5, 0.6) is 17.2 Å². The fourth-order valence-corrected chi connectivity index (χ4v) is 1.85. The molecule has 0 radical (unpaired) electrons. The second-order valence-electron chi connectivity index (χ2n) is 4.40. The molecule has 20 heavy (non-hydrogen) atoms. The second-order valence-corrected chi connectivity index (χ2v) is 4.40. The van der Waals surface area contributed by atoms with E-state index in [2.05, 4.69) is 12.2 Å². The number of hydrogen-bond acceptors (Lipinski definition) is 4. The van der Waals surface area contributed by atoms with E-state index in [1.807, 2.05) is 6.07 Å². The SMILES string of the molecule is CCCCC(=O)NCc1cc(OC)c(OC)cc1OC. The van der Waals surface area contributed by atoms with E-state index in [-0.39, 0.29) is 5.91 Å². The molecule has 0 saturated heterocycles. The lowest BCUT2D eigenvalue weighted by Gasteiger charge is -2.14. The lowest BCUT2D eigenvalue weighted by Crippen LogP contribution is -2.22. The van der Waals surface area contributed by atoms with Crippen LogP contribution in [0.4, 0.5) is 0 Å². The summed E-state index contributed by atoms with van der Waals surface area (Å²) in [5, 5.41) is 2.88. The molecule has 0 heterocycles. The fraction of sp³-hybridized carbons (Fsp3) is 0.533. The molecular weight excluding hydrogens is 258 g/mol. The van der Waals surface area contributed by atoms with Crippen LogP contribution in [0, 0.1) is 0 Å². The van der Waals surface area contributed by atoms with E-state index >= 15 is 0 Å². The van der Waals surface area contributed by atoms with E-state index in [1.165, 1.54) is 0 Å². The van der Waals surface area contributed by atoms with Crippen molar-refractivity contribution in [1.82, 2.24) is 5.32 Å². The summed E-state index contributed by atoms with van der Waals surface area (Å²) in [4.78, 5) is 11.6. The van der Waals surface area contributed by atoms with Crippen LogP contribution in [-0.2, 0) is 11.3 Å². The molecule has 0 aliphatic rings. The van der Waals surface area contributed by atoms with Gasteiger partial charge in [-0.15, -0.1) is 0 Å². The fourth-order valence-electron chi connectivity index (χ4n) is 1.85. The molecule has 5 heteroatoms. The van der Waals surface area contributed by atoms with Gasteiger partial charge in [-0.05, 0) is 12.5 Å². The number of methoxy groups -OCH3 is 3. The van der Waals surface area contributed by atoms with E-state index in [0.717, 1.165) is 18.4 Å². The van der Waals surface area contributed by atoms with Crippen molar-refractivity contribution in [3.63, 3.8) is 0 Å². The monoisotopic (exact) mass is 281 g/mol. The Morgan fingerprint density at radius 3 is 2.20 bits per heavy atom. The molecule has 0 fully saturated rings. The summed E-state index contributed by atoms with van der Waals surface area (Å²) >= 11 is 0. The average Bonchev–Trinajstić information content (AvgIpc) is 2.49. The summed E-state index contributed by atoms with van der Waals surface area (Å²) in [5.74, 6) is 1.93. The number of hydrogen-bond donors (Lipinski definition) is 1. The zero-order valence-electron chi connectivity index (χ0n) is 12.6. The standard InChI is InChI=1S/C15H23NO4/c1-5-6-7-15(17)16-10-11-8-13(19-3)14(20-4)9-12(11)18-2/h8-9H,5-7,10H2,1-4H3,(H,16,17). The van der Waals surface area contributed by atoms with Gasteiger partial charge >= 0.3 is 0 Å². The molecule has 0 spiro atoms. The van der Waals surface area contributed by atoms with Gasteiger partial charge in [0, 0.05) is 24.6 Å². The van der Waals surface area contributed by atoms with Crippen LogP contribution in [0.2, 0.25) is 0 Å². The third kappa shape index (κ3) is 4.33. The number of nitrogens with one attached hydrogen (secondary N) is 1. The maximum Gasteiger partial charge on any atom is 0.220 e. The van der Waals surface area contributed by atoms with E-state index in [9.17, 15) is 4.79 Å². The first-order valence-electron chi connectivity index (χ1n) is 6.71. The molecule has 1 N–H and O–H groups in total. The normalized spacial score (nSPS) is 10.0.